The first-order chi connectivity index (χ1) is 12.1. The van der Waals surface area contributed by atoms with E-state index in [4.69, 9.17) is 4.74 Å². The first-order valence-corrected chi connectivity index (χ1v) is 8.34. The average Bonchev–Trinajstić information content (AvgIpc) is 3.23. The lowest BCUT2D eigenvalue weighted by molar-refractivity contribution is -0.116. The minimum absolute atomic E-state index is 0.0704. The molecule has 1 aliphatic heterocycles. The molecule has 0 saturated heterocycles. The summed E-state index contributed by atoms with van der Waals surface area (Å²) in [5.74, 6) is 1.40. The van der Waals surface area contributed by atoms with E-state index in [0.717, 1.165) is 41.0 Å². The van der Waals surface area contributed by atoms with Gasteiger partial charge in [0.25, 0.3) is 0 Å². The van der Waals surface area contributed by atoms with Crippen LogP contribution in [0.2, 0.25) is 0 Å². The van der Waals surface area contributed by atoms with Gasteiger partial charge in [0.05, 0.1) is 17.7 Å². The van der Waals surface area contributed by atoms with E-state index >= 15 is 0 Å². The van der Waals surface area contributed by atoms with E-state index in [2.05, 4.69) is 31.8 Å². The molecule has 2 aromatic heterocycles. The van der Waals surface area contributed by atoms with Gasteiger partial charge in [-0.3, -0.25) is 9.89 Å². The number of carbonyl (C=O) groups excluding carboxylic acids is 1. The van der Waals surface area contributed by atoms with Gasteiger partial charge >= 0.3 is 0 Å². The topological polar surface area (TPSA) is 92.8 Å². The van der Waals surface area contributed by atoms with Gasteiger partial charge in [0.2, 0.25) is 5.91 Å². The number of hydrogen-bond donors (Lipinski definition) is 2. The average molecular weight is 337 g/mol. The van der Waals surface area contributed by atoms with Crippen molar-refractivity contribution in [3.05, 3.63) is 40.6 Å². The predicted octanol–water partition coefficient (Wildman–Crippen LogP) is 2.48. The summed E-state index contributed by atoms with van der Waals surface area (Å²) in [5.41, 5.74) is 4.74. The number of hydrogen-bond acceptors (Lipinski definition) is 5. The third-order valence-corrected chi connectivity index (χ3v) is 4.62. The number of aryl methyl sites for hydroxylation is 3. The molecule has 3 heterocycles. The highest BCUT2D eigenvalue weighted by atomic mass is 16.5. The molecule has 0 saturated carbocycles. The van der Waals surface area contributed by atoms with Crippen molar-refractivity contribution in [3.63, 3.8) is 0 Å². The fourth-order valence-corrected chi connectivity index (χ4v) is 3.08. The van der Waals surface area contributed by atoms with Gasteiger partial charge in [-0.05, 0) is 43.0 Å². The number of fused-ring (bicyclic) bond motifs is 2. The zero-order valence-corrected chi connectivity index (χ0v) is 14.2. The van der Waals surface area contributed by atoms with Crippen LogP contribution in [-0.2, 0) is 17.6 Å². The predicted molar refractivity (Wildman–Crippen MR) is 93.7 cm³/mol. The molecular weight excluding hydrogens is 318 g/mol. The molecule has 0 radical (unpaired) electrons. The summed E-state index contributed by atoms with van der Waals surface area (Å²) in [6, 6.07) is 6.13. The van der Waals surface area contributed by atoms with Gasteiger partial charge in [-0.15, -0.1) is 5.10 Å². The number of aromatic nitrogens is 4. The monoisotopic (exact) mass is 337 g/mol. The molecule has 0 aliphatic carbocycles. The molecule has 0 bridgehead atoms. The summed E-state index contributed by atoms with van der Waals surface area (Å²) < 4.78 is 5.51. The number of aromatic amines is 1. The molecule has 2 N–H and O–H groups in total. The Morgan fingerprint density at radius 1 is 1.32 bits per heavy atom. The summed E-state index contributed by atoms with van der Waals surface area (Å²) in [6.45, 7) is 4.58. The zero-order valence-electron chi connectivity index (χ0n) is 14.2. The van der Waals surface area contributed by atoms with Crippen LogP contribution >= 0.6 is 0 Å². The molecular formula is C18H19N5O2. The molecule has 0 unspecified atom stereocenters. The van der Waals surface area contributed by atoms with Crippen LogP contribution in [0, 0.1) is 13.8 Å². The van der Waals surface area contributed by atoms with E-state index in [0.29, 0.717) is 24.3 Å². The molecule has 3 aromatic rings. The molecule has 25 heavy (non-hydrogen) atoms. The minimum Gasteiger partial charge on any atom is -0.493 e. The maximum atomic E-state index is 12.3. The highest BCUT2D eigenvalue weighted by Crippen LogP contribution is 2.27. The lowest BCUT2D eigenvalue weighted by Crippen LogP contribution is -2.13. The van der Waals surface area contributed by atoms with Crippen LogP contribution in [0.4, 0.5) is 5.82 Å². The lowest BCUT2D eigenvalue weighted by atomic mass is 10.0. The smallest absolute Gasteiger partial charge is 0.225 e. The Morgan fingerprint density at radius 2 is 2.20 bits per heavy atom. The summed E-state index contributed by atoms with van der Waals surface area (Å²) in [7, 11) is 0. The second-order valence-corrected chi connectivity index (χ2v) is 6.29. The Balaban J connectivity index is 1.45. The Kier molecular flexibility index (Phi) is 3.83. The number of carbonyl (C=O) groups is 1. The first kappa shape index (κ1) is 15.6. The fourth-order valence-electron chi connectivity index (χ4n) is 3.08. The van der Waals surface area contributed by atoms with Crippen LogP contribution in [0.15, 0.2) is 18.2 Å². The molecule has 1 amide bonds. The maximum Gasteiger partial charge on any atom is 0.225 e. The van der Waals surface area contributed by atoms with Crippen molar-refractivity contribution in [2.75, 3.05) is 11.9 Å². The number of nitrogens with one attached hydrogen (secondary N) is 2. The highest BCUT2D eigenvalue weighted by Gasteiger charge is 2.15. The van der Waals surface area contributed by atoms with Gasteiger partial charge in [-0.2, -0.15) is 10.2 Å². The second kappa shape index (κ2) is 6.16. The first-order valence-electron chi connectivity index (χ1n) is 8.34. The molecule has 0 spiro atoms. The van der Waals surface area contributed by atoms with Crippen molar-refractivity contribution in [1.82, 2.24) is 20.4 Å². The van der Waals surface area contributed by atoms with Crippen molar-refractivity contribution in [3.8, 4) is 5.75 Å². The number of amides is 1. The second-order valence-electron chi connectivity index (χ2n) is 6.29. The van der Waals surface area contributed by atoms with Gasteiger partial charge in [-0.1, -0.05) is 12.1 Å². The molecule has 0 fully saturated rings. The Bertz CT molecular complexity index is 963. The Morgan fingerprint density at radius 3 is 3.08 bits per heavy atom. The molecule has 0 atom stereocenters. The van der Waals surface area contributed by atoms with Crippen LogP contribution < -0.4 is 10.1 Å². The molecule has 128 valence electrons. The molecule has 4 rings (SSSR count). The fraction of sp³-hybridized carbons (Fsp3) is 0.333. The summed E-state index contributed by atoms with van der Waals surface area (Å²) >= 11 is 0. The van der Waals surface area contributed by atoms with Crippen molar-refractivity contribution in [1.29, 1.82) is 0 Å². The summed E-state index contributed by atoms with van der Waals surface area (Å²) in [5, 5.41) is 18.8. The van der Waals surface area contributed by atoms with Crippen molar-refractivity contribution >= 4 is 22.8 Å². The lowest BCUT2D eigenvalue weighted by Gasteiger charge is -2.06. The van der Waals surface area contributed by atoms with E-state index in [1.165, 1.54) is 5.56 Å². The standard InChI is InChI=1S/C18H19N5O2/c1-10-11(2)20-22-18-16(10)17(21-23-18)19-15(24)6-4-12-3-5-14-13(9-12)7-8-25-14/h3,5,9H,4,6-8H2,1-2H3,(H2,19,21,22,23,24). The van der Waals surface area contributed by atoms with Crippen LogP contribution in [-0.4, -0.2) is 32.9 Å². The summed E-state index contributed by atoms with van der Waals surface area (Å²) in [6.07, 6.45) is 2.01. The SMILES string of the molecule is Cc1nnc2[nH]nc(NC(=O)CCc3ccc4c(c3)CCO4)c2c1C. The van der Waals surface area contributed by atoms with Crippen molar-refractivity contribution in [2.45, 2.75) is 33.1 Å². The van der Waals surface area contributed by atoms with Crippen LogP contribution in [0.25, 0.3) is 11.0 Å². The maximum absolute atomic E-state index is 12.3. The molecule has 1 aromatic carbocycles. The van der Waals surface area contributed by atoms with E-state index in [-0.39, 0.29) is 5.91 Å². The summed E-state index contributed by atoms with van der Waals surface area (Å²) in [4.78, 5) is 12.3. The van der Waals surface area contributed by atoms with Crippen LogP contribution in [0.1, 0.15) is 28.8 Å². The minimum atomic E-state index is -0.0704. The van der Waals surface area contributed by atoms with Crippen LogP contribution in [0.5, 0.6) is 5.75 Å². The molecule has 7 nitrogen and oxygen atoms in total. The Hall–Kier alpha value is -2.96. The van der Waals surface area contributed by atoms with E-state index < -0.39 is 0 Å². The normalized spacial score (nSPS) is 12.9. The number of benzene rings is 1. The van der Waals surface area contributed by atoms with Gasteiger partial charge in [0.15, 0.2) is 11.5 Å². The molecule has 7 heteroatoms. The van der Waals surface area contributed by atoms with Gasteiger partial charge in [-0.25, -0.2) is 0 Å². The van der Waals surface area contributed by atoms with Crippen molar-refractivity contribution in [2.24, 2.45) is 0 Å². The third-order valence-electron chi connectivity index (χ3n) is 4.62. The van der Waals surface area contributed by atoms with Gasteiger partial charge in [0, 0.05) is 12.8 Å². The quantitative estimate of drug-likeness (QED) is 0.763. The highest BCUT2D eigenvalue weighted by molar-refractivity contribution is 5.99. The Labute approximate surface area is 144 Å². The van der Waals surface area contributed by atoms with Gasteiger partial charge in [0.1, 0.15) is 5.75 Å². The van der Waals surface area contributed by atoms with E-state index in [1.807, 2.05) is 26.0 Å². The largest absolute Gasteiger partial charge is 0.493 e. The van der Waals surface area contributed by atoms with Crippen LogP contribution in [0.3, 0.4) is 0 Å². The third kappa shape index (κ3) is 2.93. The van der Waals surface area contributed by atoms with Crippen molar-refractivity contribution < 1.29 is 9.53 Å². The number of rotatable bonds is 4. The number of ether oxygens (including phenoxy) is 1. The number of nitrogens with zero attached hydrogens (tertiary/aromatic N) is 3. The number of anilines is 1. The zero-order chi connectivity index (χ0) is 17.4. The number of H-pyrrole nitrogens is 1. The van der Waals surface area contributed by atoms with Gasteiger partial charge < -0.3 is 10.1 Å². The molecule has 1 aliphatic rings. The van der Waals surface area contributed by atoms with E-state index in [1.54, 1.807) is 0 Å². The van der Waals surface area contributed by atoms with E-state index in [9.17, 15) is 4.79 Å².